The highest BCUT2D eigenvalue weighted by molar-refractivity contribution is 7.18. The molecule has 1 aliphatic rings. The zero-order valence-corrected chi connectivity index (χ0v) is 14.2. The molecule has 2 aromatic rings. The third-order valence-electron chi connectivity index (χ3n) is 3.73. The van der Waals surface area contributed by atoms with Crippen LogP contribution in [0.2, 0.25) is 0 Å². The number of anilines is 1. The van der Waals surface area contributed by atoms with E-state index in [0.29, 0.717) is 23.6 Å². The van der Waals surface area contributed by atoms with Crippen molar-refractivity contribution in [3.8, 4) is 10.4 Å². The Kier molecular flexibility index (Phi) is 5.27. The zero-order chi connectivity index (χ0) is 16.9. The maximum Gasteiger partial charge on any atom is 0.350 e. The Morgan fingerprint density at radius 2 is 2.12 bits per heavy atom. The molecule has 1 atom stereocenters. The minimum atomic E-state index is -0.444. The Balaban J connectivity index is 1.88. The van der Waals surface area contributed by atoms with E-state index in [4.69, 9.17) is 9.47 Å². The quantitative estimate of drug-likeness (QED) is 0.839. The number of ether oxygens (including phenoxy) is 2. The number of benzene rings is 1. The SMILES string of the molecule is CCOC(=O)c1sc(-c2ccccc2)cc1NC(=O)[C@@H]1CCCO1. The first-order valence-corrected chi connectivity index (χ1v) is 8.79. The number of hydrogen-bond donors (Lipinski definition) is 1. The second-order valence-electron chi connectivity index (χ2n) is 5.43. The molecule has 126 valence electrons. The molecule has 1 aliphatic heterocycles. The lowest BCUT2D eigenvalue weighted by Gasteiger charge is -2.10. The van der Waals surface area contributed by atoms with Crippen LogP contribution in [-0.2, 0) is 14.3 Å². The van der Waals surface area contributed by atoms with Gasteiger partial charge in [0.05, 0.1) is 12.3 Å². The standard InChI is InChI=1S/C18H19NO4S/c1-2-22-18(21)16-13(19-17(20)14-9-6-10-23-14)11-15(24-16)12-7-4-3-5-8-12/h3-5,7-8,11,14H,2,6,9-10H2,1H3,(H,19,20)/t14-/m0/s1. The average molecular weight is 345 g/mol. The van der Waals surface area contributed by atoms with Crippen LogP contribution in [0.25, 0.3) is 10.4 Å². The Morgan fingerprint density at radius 3 is 2.79 bits per heavy atom. The molecule has 1 aromatic carbocycles. The van der Waals surface area contributed by atoms with Gasteiger partial charge in [-0.2, -0.15) is 0 Å². The number of carbonyl (C=O) groups is 2. The summed E-state index contributed by atoms with van der Waals surface area (Å²) in [6.45, 7) is 2.65. The molecule has 0 bridgehead atoms. The van der Waals surface area contributed by atoms with E-state index in [1.807, 2.05) is 36.4 Å². The molecule has 6 heteroatoms. The monoisotopic (exact) mass is 345 g/mol. The first-order chi connectivity index (χ1) is 11.7. The number of thiophene rings is 1. The molecule has 1 aromatic heterocycles. The Labute approximate surface area is 144 Å². The molecular formula is C18H19NO4S. The van der Waals surface area contributed by atoms with Crippen LogP contribution in [-0.4, -0.2) is 31.2 Å². The van der Waals surface area contributed by atoms with Crippen LogP contribution in [0.15, 0.2) is 36.4 Å². The molecule has 24 heavy (non-hydrogen) atoms. The lowest BCUT2D eigenvalue weighted by Crippen LogP contribution is -2.27. The summed E-state index contributed by atoms with van der Waals surface area (Å²) in [5.74, 6) is -0.636. The van der Waals surface area contributed by atoms with E-state index in [0.717, 1.165) is 16.9 Å². The predicted octanol–water partition coefficient (Wildman–Crippen LogP) is 3.71. The molecular weight excluding hydrogens is 326 g/mol. The molecule has 1 N–H and O–H groups in total. The Morgan fingerprint density at radius 1 is 1.33 bits per heavy atom. The van der Waals surface area contributed by atoms with Crippen LogP contribution in [0.4, 0.5) is 5.69 Å². The summed E-state index contributed by atoms with van der Waals surface area (Å²) in [4.78, 5) is 25.8. The average Bonchev–Trinajstić information content (AvgIpc) is 3.26. The normalized spacial score (nSPS) is 16.8. The Bertz CT molecular complexity index is 720. The third kappa shape index (κ3) is 3.66. The van der Waals surface area contributed by atoms with Gasteiger partial charge in [0, 0.05) is 11.5 Å². The summed E-state index contributed by atoms with van der Waals surface area (Å²) in [5.41, 5.74) is 1.48. The molecule has 1 saturated heterocycles. The lowest BCUT2D eigenvalue weighted by atomic mass is 10.2. The van der Waals surface area contributed by atoms with Crippen molar-refractivity contribution >= 4 is 28.9 Å². The van der Waals surface area contributed by atoms with Gasteiger partial charge in [0.15, 0.2) is 0 Å². The molecule has 0 radical (unpaired) electrons. The topological polar surface area (TPSA) is 64.6 Å². The van der Waals surface area contributed by atoms with Crippen LogP contribution in [0.5, 0.6) is 0 Å². The van der Waals surface area contributed by atoms with Gasteiger partial charge in [-0.05, 0) is 31.4 Å². The largest absolute Gasteiger partial charge is 0.462 e. The predicted molar refractivity (Wildman–Crippen MR) is 93.3 cm³/mol. The highest BCUT2D eigenvalue weighted by atomic mass is 32.1. The highest BCUT2D eigenvalue weighted by Crippen LogP contribution is 2.35. The van der Waals surface area contributed by atoms with Crippen molar-refractivity contribution in [2.75, 3.05) is 18.5 Å². The van der Waals surface area contributed by atoms with E-state index >= 15 is 0 Å². The van der Waals surface area contributed by atoms with Crippen molar-refractivity contribution in [3.63, 3.8) is 0 Å². The minimum absolute atomic E-state index is 0.213. The van der Waals surface area contributed by atoms with E-state index < -0.39 is 12.1 Å². The van der Waals surface area contributed by atoms with Crippen LogP contribution in [0, 0.1) is 0 Å². The number of hydrogen-bond acceptors (Lipinski definition) is 5. The van der Waals surface area contributed by atoms with Crippen LogP contribution in [0.3, 0.4) is 0 Å². The van der Waals surface area contributed by atoms with Gasteiger partial charge in [-0.3, -0.25) is 4.79 Å². The fourth-order valence-corrected chi connectivity index (χ4v) is 3.59. The van der Waals surface area contributed by atoms with Crippen molar-refractivity contribution in [2.24, 2.45) is 0 Å². The fraction of sp³-hybridized carbons (Fsp3) is 0.333. The summed E-state index contributed by atoms with van der Waals surface area (Å²) in [6, 6.07) is 11.6. The van der Waals surface area contributed by atoms with Gasteiger partial charge in [0.25, 0.3) is 5.91 Å². The number of rotatable bonds is 5. The van der Waals surface area contributed by atoms with Crippen molar-refractivity contribution in [2.45, 2.75) is 25.9 Å². The maximum absolute atomic E-state index is 12.3. The maximum atomic E-state index is 12.3. The van der Waals surface area contributed by atoms with Gasteiger partial charge < -0.3 is 14.8 Å². The van der Waals surface area contributed by atoms with E-state index in [1.165, 1.54) is 11.3 Å². The first kappa shape index (κ1) is 16.7. The molecule has 0 saturated carbocycles. The molecule has 2 heterocycles. The molecule has 1 fully saturated rings. The van der Waals surface area contributed by atoms with Gasteiger partial charge in [0.2, 0.25) is 0 Å². The van der Waals surface area contributed by atoms with Gasteiger partial charge in [-0.25, -0.2) is 4.79 Å². The van der Waals surface area contributed by atoms with Gasteiger partial charge in [0.1, 0.15) is 11.0 Å². The van der Waals surface area contributed by atoms with E-state index in [2.05, 4.69) is 5.32 Å². The second kappa shape index (κ2) is 7.59. The molecule has 0 unspecified atom stereocenters. The summed E-state index contributed by atoms with van der Waals surface area (Å²) in [6.07, 6.45) is 1.14. The minimum Gasteiger partial charge on any atom is -0.462 e. The van der Waals surface area contributed by atoms with Crippen molar-refractivity contribution in [1.29, 1.82) is 0 Å². The molecule has 1 amide bonds. The molecule has 3 rings (SSSR count). The van der Waals surface area contributed by atoms with Crippen molar-refractivity contribution < 1.29 is 19.1 Å². The summed E-state index contributed by atoms with van der Waals surface area (Å²) >= 11 is 1.32. The number of amides is 1. The molecule has 0 aliphatic carbocycles. The van der Waals surface area contributed by atoms with Crippen molar-refractivity contribution in [3.05, 3.63) is 41.3 Å². The molecule has 5 nitrogen and oxygen atoms in total. The van der Waals surface area contributed by atoms with Crippen LogP contribution < -0.4 is 5.32 Å². The fourth-order valence-electron chi connectivity index (χ4n) is 2.57. The highest BCUT2D eigenvalue weighted by Gasteiger charge is 2.26. The smallest absolute Gasteiger partial charge is 0.350 e. The molecule has 0 spiro atoms. The van der Waals surface area contributed by atoms with E-state index in [1.54, 1.807) is 6.92 Å². The number of nitrogens with one attached hydrogen (secondary N) is 1. The third-order valence-corrected chi connectivity index (χ3v) is 4.90. The van der Waals surface area contributed by atoms with Crippen LogP contribution >= 0.6 is 11.3 Å². The zero-order valence-electron chi connectivity index (χ0n) is 13.4. The van der Waals surface area contributed by atoms with Crippen LogP contribution in [0.1, 0.15) is 29.4 Å². The number of carbonyl (C=O) groups excluding carboxylic acids is 2. The first-order valence-electron chi connectivity index (χ1n) is 7.98. The van der Waals surface area contributed by atoms with Gasteiger partial charge in [-0.15, -0.1) is 11.3 Å². The summed E-state index contributed by atoms with van der Waals surface area (Å²) < 4.78 is 10.5. The van der Waals surface area contributed by atoms with Crippen molar-refractivity contribution in [1.82, 2.24) is 0 Å². The second-order valence-corrected chi connectivity index (χ2v) is 6.48. The van der Waals surface area contributed by atoms with E-state index in [-0.39, 0.29) is 12.5 Å². The summed E-state index contributed by atoms with van der Waals surface area (Å²) in [7, 11) is 0. The Hall–Kier alpha value is -2.18. The lowest BCUT2D eigenvalue weighted by molar-refractivity contribution is -0.124. The van der Waals surface area contributed by atoms with Gasteiger partial charge >= 0.3 is 5.97 Å². The number of esters is 1. The van der Waals surface area contributed by atoms with Gasteiger partial charge in [-0.1, -0.05) is 30.3 Å². The van der Waals surface area contributed by atoms with E-state index in [9.17, 15) is 9.59 Å². The summed E-state index contributed by atoms with van der Waals surface area (Å²) in [5, 5.41) is 2.83.